The van der Waals surface area contributed by atoms with Crippen LogP contribution in [0.5, 0.6) is 0 Å². The summed E-state index contributed by atoms with van der Waals surface area (Å²) in [7, 11) is 0. The number of rotatable bonds is 2. The molecular formula is C8H15BrO2. The number of hydrogen-bond donors (Lipinski definition) is 1. The first-order valence-electron chi connectivity index (χ1n) is 3.57. The van der Waals surface area contributed by atoms with Crippen LogP contribution in [-0.4, -0.2) is 15.4 Å². The van der Waals surface area contributed by atoms with Crippen molar-refractivity contribution in [2.75, 3.05) is 0 Å². The zero-order chi connectivity index (χ0) is 9.28. The Labute approximate surface area is 76.1 Å². The van der Waals surface area contributed by atoms with Gasteiger partial charge in [0.15, 0.2) is 0 Å². The largest absolute Gasteiger partial charge is 0.480 e. The molecule has 0 aromatic rings. The minimum absolute atomic E-state index is 0.0383. The second kappa shape index (κ2) is 3.13. The van der Waals surface area contributed by atoms with E-state index in [2.05, 4.69) is 15.9 Å². The summed E-state index contributed by atoms with van der Waals surface area (Å²) in [5.74, 6) is -0.799. The summed E-state index contributed by atoms with van der Waals surface area (Å²) in [6.07, 6.45) is 0.620. The van der Waals surface area contributed by atoms with Crippen LogP contribution in [0.2, 0.25) is 0 Å². The fourth-order valence-electron chi connectivity index (χ4n) is 1.07. The van der Waals surface area contributed by atoms with Gasteiger partial charge >= 0.3 is 5.97 Å². The normalized spacial score (nSPS) is 17.5. The molecule has 1 atom stereocenters. The predicted molar refractivity (Wildman–Crippen MR) is 49.0 cm³/mol. The lowest BCUT2D eigenvalue weighted by molar-refractivity contribution is -0.139. The predicted octanol–water partition coefficient (Wildman–Crippen LogP) is 2.66. The van der Waals surface area contributed by atoms with E-state index >= 15 is 0 Å². The Morgan fingerprint density at radius 1 is 1.36 bits per heavy atom. The van der Waals surface area contributed by atoms with Crippen LogP contribution in [-0.2, 0) is 4.79 Å². The Morgan fingerprint density at radius 3 is 1.82 bits per heavy atom. The minimum Gasteiger partial charge on any atom is -0.480 e. The molecule has 2 nitrogen and oxygen atoms in total. The molecule has 0 aliphatic carbocycles. The van der Waals surface area contributed by atoms with Crippen molar-refractivity contribution in [2.24, 2.45) is 5.41 Å². The summed E-state index contributed by atoms with van der Waals surface area (Å²) in [5.41, 5.74) is 0.0383. The van der Waals surface area contributed by atoms with Gasteiger partial charge < -0.3 is 5.11 Å². The molecule has 1 unspecified atom stereocenters. The molecule has 0 amide bonds. The van der Waals surface area contributed by atoms with E-state index in [0.717, 1.165) is 0 Å². The Bertz CT molecular complexity index is 156. The van der Waals surface area contributed by atoms with Crippen molar-refractivity contribution in [1.29, 1.82) is 0 Å². The van der Waals surface area contributed by atoms with E-state index in [1.165, 1.54) is 0 Å². The molecule has 0 aromatic heterocycles. The smallest absolute Gasteiger partial charge is 0.320 e. The third kappa shape index (κ3) is 4.40. The SMILES string of the molecule is CC(C)(C)CC(C)(Br)C(=O)O. The standard InChI is InChI=1S/C8H15BrO2/c1-7(2,3)5-8(4,9)6(10)11/h5H2,1-4H3,(H,10,11). The maximum absolute atomic E-state index is 10.7. The summed E-state index contributed by atoms with van der Waals surface area (Å²) >= 11 is 3.18. The average molecular weight is 223 g/mol. The second-order valence-corrected chi connectivity index (χ2v) is 5.99. The van der Waals surface area contributed by atoms with Gasteiger partial charge in [-0.2, -0.15) is 0 Å². The summed E-state index contributed by atoms with van der Waals surface area (Å²) < 4.78 is -0.786. The van der Waals surface area contributed by atoms with E-state index in [1.54, 1.807) is 6.92 Å². The molecule has 0 spiro atoms. The fourth-order valence-corrected chi connectivity index (χ4v) is 1.91. The van der Waals surface area contributed by atoms with Gasteiger partial charge in [0.1, 0.15) is 4.32 Å². The topological polar surface area (TPSA) is 37.3 Å². The molecule has 0 heterocycles. The molecule has 1 N–H and O–H groups in total. The number of carboxylic acids is 1. The number of hydrogen-bond acceptors (Lipinski definition) is 1. The molecule has 3 heteroatoms. The fraction of sp³-hybridized carbons (Fsp3) is 0.875. The average Bonchev–Trinajstić information content (AvgIpc) is 1.56. The van der Waals surface area contributed by atoms with Crippen molar-refractivity contribution >= 4 is 21.9 Å². The van der Waals surface area contributed by atoms with Gasteiger partial charge in [-0.1, -0.05) is 36.7 Å². The molecular weight excluding hydrogens is 208 g/mol. The van der Waals surface area contributed by atoms with Crippen LogP contribution in [0.3, 0.4) is 0 Å². The highest BCUT2D eigenvalue weighted by Gasteiger charge is 2.34. The number of carboxylic acid groups (broad SMARTS) is 1. The van der Waals surface area contributed by atoms with Gasteiger partial charge in [0.25, 0.3) is 0 Å². The monoisotopic (exact) mass is 222 g/mol. The Morgan fingerprint density at radius 2 is 1.73 bits per heavy atom. The highest BCUT2D eigenvalue weighted by Crippen LogP contribution is 2.33. The number of halogens is 1. The Hall–Kier alpha value is -0.0500. The molecule has 0 saturated carbocycles. The van der Waals surface area contributed by atoms with Gasteiger partial charge in [-0.3, -0.25) is 4.79 Å². The molecule has 0 aromatic carbocycles. The van der Waals surface area contributed by atoms with E-state index in [0.29, 0.717) is 6.42 Å². The van der Waals surface area contributed by atoms with Crippen molar-refractivity contribution in [3.63, 3.8) is 0 Å². The maximum Gasteiger partial charge on any atom is 0.320 e. The van der Waals surface area contributed by atoms with Crippen molar-refractivity contribution < 1.29 is 9.90 Å². The third-order valence-corrected chi connectivity index (χ3v) is 1.93. The van der Waals surface area contributed by atoms with Gasteiger partial charge in [-0.05, 0) is 18.8 Å². The van der Waals surface area contributed by atoms with E-state index in [9.17, 15) is 4.79 Å². The van der Waals surface area contributed by atoms with Crippen molar-refractivity contribution in [3.8, 4) is 0 Å². The maximum atomic E-state index is 10.7. The lowest BCUT2D eigenvalue weighted by atomic mass is 9.85. The zero-order valence-electron chi connectivity index (χ0n) is 7.44. The van der Waals surface area contributed by atoms with Crippen LogP contribution in [0.15, 0.2) is 0 Å². The van der Waals surface area contributed by atoms with Crippen LogP contribution in [0.1, 0.15) is 34.1 Å². The van der Waals surface area contributed by atoms with E-state index in [-0.39, 0.29) is 5.41 Å². The minimum atomic E-state index is -0.799. The quantitative estimate of drug-likeness (QED) is 0.730. The molecule has 0 aliphatic heterocycles. The van der Waals surface area contributed by atoms with Crippen LogP contribution >= 0.6 is 15.9 Å². The highest BCUT2D eigenvalue weighted by molar-refractivity contribution is 9.10. The van der Waals surface area contributed by atoms with Crippen molar-refractivity contribution in [1.82, 2.24) is 0 Å². The Balaban J connectivity index is 4.25. The number of aliphatic carboxylic acids is 1. The van der Waals surface area contributed by atoms with Gasteiger partial charge in [0.2, 0.25) is 0 Å². The molecule has 11 heavy (non-hydrogen) atoms. The third-order valence-electron chi connectivity index (χ3n) is 1.31. The van der Waals surface area contributed by atoms with E-state index in [1.807, 2.05) is 20.8 Å². The van der Waals surface area contributed by atoms with Crippen molar-refractivity contribution in [2.45, 2.75) is 38.4 Å². The highest BCUT2D eigenvalue weighted by atomic mass is 79.9. The molecule has 0 bridgehead atoms. The van der Waals surface area contributed by atoms with Crippen molar-refractivity contribution in [3.05, 3.63) is 0 Å². The van der Waals surface area contributed by atoms with Gasteiger partial charge in [0.05, 0.1) is 0 Å². The summed E-state index contributed by atoms with van der Waals surface area (Å²) in [4.78, 5) is 10.7. The summed E-state index contributed by atoms with van der Waals surface area (Å²) in [6, 6.07) is 0. The van der Waals surface area contributed by atoms with Crippen LogP contribution in [0.4, 0.5) is 0 Å². The molecule has 0 radical (unpaired) electrons. The Kier molecular flexibility index (Phi) is 3.12. The first-order chi connectivity index (χ1) is 4.65. The number of alkyl halides is 1. The van der Waals surface area contributed by atoms with E-state index < -0.39 is 10.3 Å². The molecule has 0 fully saturated rings. The lowest BCUT2D eigenvalue weighted by Gasteiger charge is -2.26. The zero-order valence-corrected chi connectivity index (χ0v) is 9.03. The van der Waals surface area contributed by atoms with Crippen LogP contribution < -0.4 is 0 Å². The van der Waals surface area contributed by atoms with Crippen LogP contribution in [0, 0.1) is 5.41 Å². The van der Waals surface area contributed by atoms with Gasteiger partial charge in [-0.25, -0.2) is 0 Å². The van der Waals surface area contributed by atoms with E-state index in [4.69, 9.17) is 5.11 Å². The first-order valence-corrected chi connectivity index (χ1v) is 4.37. The van der Waals surface area contributed by atoms with Gasteiger partial charge in [-0.15, -0.1) is 0 Å². The molecule has 0 aliphatic rings. The number of carbonyl (C=O) groups is 1. The molecule has 0 saturated heterocycles. The molecule has 0 rings (SSSR count). The molecule has 66 valence electrons. The van der Waals surface area contributed by atoms with Crippen LogP contribution in [0.25, 0.3) is 0 Å². The summed E-state index contributed by atoms with van der Waals surface area (Å²) in [5, 5.41) is 8.76. The summed E-state index contributed by atoms with van der Waals surface area (Å²) in [6.45, 7) is 7.75. The van der Waals surface area contributed by atoms with Gasteiger partial charge in [0, 0.05) is 0 Å². The first kappa shape index (κ1) is 11.0. The second-order valence-electron chi connectivity index (χ2n) is 4.24. The lowest BCUT2D eigenvalue weighted by Crippen LogP contribution is -2.32.